The summed E-state index contributed by atoms with van der Waals surface area (Å²) in [6.07, 6.45) is 4.98. The molecular weight excluding hydrogens is 387 g/mol. The van der Waals surface area contributed by atoms with Gasteiger partial charge in [0.25, 0.3) is 0 Å². The highest BCUT2D eigenvalue weighted by Crippen LogP contribution is 2.25. The van der Waals surface area contributed by atoms with E-state index in [1.807, 2.05) is 0 Å². The Morgan fingerprint density at radius 3 is 2.80 bits per heavy atom. The summed E-state index contributed by atoms with van der Waals surface area (Å²) in [7, 11) is 1.68. The number of hydrogen-bond acceptors (Lipinski definition) is 7. The number of benzene rings is 1. The van der Waals surface area contributed by atoms with E-state index in [1.54, 1.807) is 31.4 Å². The van der Waals surface area contributed by atoms with Gasteiger partial charge in [-0.05, 0) is 18.9 Å². The standard InChI is InChI=1S/C21H29FN6O2/c1-25-12-14(11-23)16-3-2-4-19(20(16)22)27-21(24)17-13-28(29)8-5-18(17)26-15-6-9-30-10-7-15/h2-4,11-12,15,23,25-26,29H,5-10,13H2,1H3,(H2,24,27)/b14-12+,23-11?. The minimum atomic E-state index is -0.538. The van der Waals surface area contributed by atoms with Gasteiger partial charge in [0.1, 0.15) is 5.84 Å². The zero-order valence-electron chi connectivity index (χ0n) is 17.1. The van der Waals surface area contributed by atoms with Crippen molar-refractivity contribution in [2.75, 3.05) is 38.7 Å². The number of ether oxygens (including phenoxy) is 1. The number of hydroxylamine groups is 2. The van der Waals surface area contributed by atoms with E-state index in [4.69, 9.17) is 15.6 Å². The lowest BCUT2D eigenvalue weighted by Crippen LogP contribution is -2.41. The molecule has 2 aliphatic rings. The number of rotatable bonds is 7. The van der Waals surface area contributed by atoms with Crippen LogP contribution in [0.15, 0.2) is 35.7 Å². The number of nitrogens with zero attached hydrogens (tertiary/aromatic N) is 1. The topological polar surface area (TPSA) is 116 Å². The molecule has 162 valence electrons. The first-order valence-electron chi connectivity index (χ1n) is 10.1. The van der Waals surface area contributed by atoms with Crippen molar-refractivity contribution in [1.29, 1.82) is 10.8 Å². The third-order valence-electron chi connectivity index (χ3n) is 5.25. The van der Waals surface area contributed by atoms with Gasteiger partial charge in [-0.15, -0.1) is 0 Å². The lowest BCUT2D eigenvalue weighted by Gasteiger charge is -2.32. The van der Waals surface area contributed by atoms with Gasteiger partial charge < -0.3 is 31.3 Å². The maximum Gasteiger partial charge on any atom is 0.154 e. The van der Waals surface area contributed by atoms with Gasteiger partial charge in [-0.2, -0.15) is 5.06 Å². The minimum absolute atomic E-state index is 0.0355. The molecular formula is C21H29FN6O2. The van der Waals surface area contributed by atoms with Crippen LogP contribution in [0.5, 0.6) is 0 Å². The summed E-state index contributed by atoms with van der Waals surface area (Å²) in [6, 6.07) is 5.09. The largest absolute Gasteiger partial charge is 0.393 e. The number of halogens is 1. The van der Waals surface area contributed by atoms with Crippen LogP contribution < -0.4 is 16.0 Å². The molecule has 1 saturated heterocycles. The van der Waals surface area contributed by atoms with Gasteiger partial charge in [0.2, 0.25) is 0 Å². The molecule has 1 fully saturated rings. The van der Waals surface area contributed by atoms with Gasteiger partial charge in [0.05, 0.1) is 12.2 Å². The van der Waals surface area contributed by atoms with E-state index in [0.29, 0.717) is 37.3 Å². The Kier molecular flexibility index (Phi) is 7.56. The lowest BCUT2D eigenvalue weighted by molar-refractivity contribution is -0.0850. The first kappa shape index (κ1) is 21.9. The average Bonchev–Trinajstić information content (AvgIpc) is 2.75. The lowest BCUT2D eigenvalue weighted by atomic mass is 10.0. The Morgan fingerprint density at radius 2 is 2.10 bits per heavy atom. The van der Waals surface area contributed by atoms with Crippen LogP contribution in [0, 0.1) is 16.6 Å². The normalized spacial score (nSPS) is 18.8. The monoisotopic (exact) mass is 416 g/mol. The molecule has 0 aliphatic carbocycles. The van der Waals surface area contributed by atoms with Gasteiger partial charge in [-0.3, -0.25) is 5.41 Å². The van der Waals surface area contributed by atoms with E-state index >= 15 is 4.39 Å². The molecule has 2 aliphatic heterocycles. The van der Waals surface area contributed by atoms with Crippen molar-refractivity contribution in [2.24, 2.45) is 0 Å². The van der Waals surface area contributed by atoms with Crippen molar-refractivity contribution < 1.29 is 14.3 Å². The highest BCUT2D eigenvalue weighted by Gasteiger charge is 2.24. The molecule has 9 heteroatoms. The molecule has 0 amide bonds. The quantitative estimate of drug-likeness (QED) is 0.301. The van der Waals surface area contributed by atoms with Crippen molar-refractivity contribution in [3.05, 3.63) is 47.0 Å². The van der Waals surface area contributed by atoms with Gasteiger partial charge in [-0.1, -0.05) is 12.1 Å². The predicted molar refractivity (Wildman–Crippen MR) is 116 cm³/mol. The van der Waals surface area contributed by atoms with Crippen molar-refractivity contribution in [1.82, 2.24) is 15.7 Å². The van der Waals surface area contributed by atoms with Crippen LogP contribution in [0.2, 0.25) is 0 Å². The average molecular weight is 417 g/mol. The second-order valence-corrected chi connectivity index (χ2v) is 7.33. The highest BCUT2D eigenvalue weighted by molar-refractivity contribution is 6.10. The van der Waals surface area contributed by atoms with E-state index in [1.165, 1.54) is 0 Å². The summed E-state index contributed by atoms with van der Waals surface area (Å²) in [5.74, 6) is -0.503. The van der Waals surface area contributed by atoms with E-state index in [0.717, 1.165) is 29.8 Å². The Bertz CT molecular complexity index is 848. The molecule has 0 saturated carbocycles. The number of amidine groups is 1. The number of anilines is 1. The zero-order chi connectivity index (χ0) is 21.5. The Labute approximate surface area is 175 Å². The van der Waals surface area contributed by atoms with Crippen LogP contribution in [0.3, 0.4) is 0 Å². The number of allylic oxidation sites excluding steroid dienone is 1. The fourth-order valence-corrected chi connectivity index (χ4v) is 3.64. The Hall–Kier alpha value is -2.75. The fourth-order valence-electron chi connectivity index (χ4n) is 3.64. The third kappa shape index (κ3) is 5.24. The first-order chi connectivity index (χ1) is 14.5. The molecule has 0 unspecified atom stereocenters. The molecule has 2 heterocycles. The molecule has 0 atom stereocenters. The summed E-state index contributed by atoms with van der Waals surface area (Å²) in [6.45, 7) is 2.07. The van der Waals surface area contributed by atoms with Crippen molar-refractivity contribution in [2.45, 2.75) is 25.3 Å². The van der Waals surface area contributed by atoms with Gasteiger partial charge in [0, 0.05) is 74.1 Å². The zero-order valence-corrected chi connectivity index (χ0v) is 17.1. The maximum atomic E-state index is 15.1. The SMILES string of the molecule is CN/C=C(\C=N)c1cccc(NC(=N)C2=C(NC3CCOCC3)CCN(O)C2)c1F. The van der Waals surface area contributed by atoms with Crippen molar-refractivity contribution in [3.8, 4) is 0 Å². The summed E-state index contributed by atoms with van der Waals surface area (Å²) < 4.78 is 20.5. The second-order valence-electron chi connectivity index (χ2n) is 7.33. The Morgan fingerprint density at radius 1 is 1.33 bits per heavy atom. The van der Waals surface area contributed by atoms with Crippen molar-refractivity contribution >= 4 is 23.3 Å². The molecule has 1 aromatic rings. The van der Waals surface area contributed by atoms with E-state index in [9.17, 15) is 5.21 Å². The molecule has 1 aromatic carbocycles. The smallest absolute Gasteiger partial charge is 0.154 e. The molecule has 8 nitrogen and oxygen atoms in total. The summed E-state index contributed by atoms with van der Waals surface area (Å²) in [4.78, 5) is 0. The van der Waals surface area contributed by atoms with E-state index in [-0.39, 0.29) is 29.7 Å². The molecule has 30 heavy (non-hydrogen) atoms. The number of hydrogen-bond donors (Lipinski definition) is 6. The summed E-state index contributed by atoms with van der Waals surface area (Å²) in [5, 5.41) is 36.4. The summed E-state index contributed by atoms with van der Waals surface area (Å²) >= 11 is 0. The second kappa shape index (κ2) is 10.3. The molecule has 3 rings (SSSR count). The summed E-state index contributed by atoms with van der Waals surface area (Å²) in [5.41, 5.74) is 2.31. The van der Waals surface area contributed by atoms with Crippen LogP contribution >= 0.6 is 0 Å². The maximum absolute atomic E-state index is 15.1. The number of nitrogens with one attached hydrogen (secondary N) is 5. The fraction of sp³-hybridized carbons (Fsp3) is 0.429. The van der Waals surface area contributed by atoms with Crippen LogP contribution in [0.1, 0.15) is 24.8 Å². The van der Waals surface area contributed by atoms with Crippen LogP contribution in [0.4, 0.5) is 10.1 Å². The van der Waals surface area contributed by atoms with Crippen LogP contribution in [-0.4, -0.2) is 61.7 Å². The highest BCUT2D eigenvalue weighted by atomic mass is 19.1. The third-order valence-corrected chi connectivity index (χ3v) is 5.25. The minimum Gasteiger partial charge on any atom is -0.393 e. The molecule has 0 aromatic heterocycles. The Balaban J connectivity index is 1.83. The van der Waals surface area contributed by atoms with Crippen LogP contribution in [0.25, 0.3) is 5.57 Å². The van der Waals surface area contributed by atoms with Gasteiger partial charge in [-0.25, -0.2) is 4.39 Å². The van der Waals surface area contributed by atoms with Crippen molar-refractivity contribution in [3.63, 3.8) is 0 Å². The molecule has 0 radical (unpaired) electrons. The van der Waals surface area contributed by atoms with E-state index < -0.39 is 5.82 Å². The van der Waals surface area contributed by atoms with Gasteiger partial charge >= 0.3 is 0 Å². The van der Waals surface area contributed by atoms with Crippen LogP contribution in [-0.2, 0) is 4.74 Å². The van der Waals surface area contributed by atoms with Gasteiger partial charge in [0.15, 0.2) is 5.82 Å². The first-order valence-corrected chi connectivity index (χ1v) is 10.1. The predicted octanol–water partition coefficient (Wildman–Crippen LogP) is 2.54. The molecule has 6 N–H and O–H groups in total. The molecule has 0 bridgehead atoms. The van der Waals surface area contributed by atoms with E-state index in [2.05, 4.69) is 16.0 Å². The molecule has 0 spiro atoms.